The normalized spacial score (nSPS) is 18.1. The first-order valence-corrected chi connectivity index (χ1v) is 9.82. The number of pyridine rings is 1. The highest BCUT2D eigenvalue weighted by Crippen LogP contribution is 2.21. The number of rotatable bonds is 7. The summed E-state index contributed by atoms with van der Waals surface area (Å²) in [6.45, 7) is 6.75. The van der Waals surface area contributed by atoms with E-state index in [9.17, 15) is 9.59 Å². The first-order valence-electron chi connectivity index (χ1n) is 9.82. The molecule has 1 aliphatic rings. The van der Waals surface area contributed by atoms with E-state index in [1.807, 2.05) is 27.8 Å². The van der Waals surface area contributed by atoms with Crippen molar-refractivity contribution in [2.45, 2.75) is 71.4 Å². The van der Waals surface area contributed by atoms with E-state index in [4.69, 9.17) is 4.74 Å². The van der Waals surface area contributed by atoms with Crippen molar-refractivity contribution in [3.63, 3.8) is 0 Å². The number of H-pyrrole nitrogens is 1. The first-order chi connectivity index (χ1) is 12.9. The Bertz CT molecular complexity index is 877. The molecule has 0 aliphatic carbocycles. The summed E-state index contributed by atoms with van der Waals surface area (Å²) in [5.74, 6) is -0.0170. The molecule has 7 heteroatoms. The second kappa shape index (κ2) is 8.25. The summed E-state index contributed by atoms with van der Waals surface area (Å²) < 4.78 is 7.31. The molecule has 0 radical (unpaired) electrons. The quantitative estimate of drug-likeness (QED) is 0.778. The molecule has 1 aliphatic heterocycles. The van der Waals surface area contributed by atoms with E-state index in [0.29, 0.717) is 24.5 Å². The van der Waals surface area contributed by atoms with E-state index in [2.05, 4.69) is 15.4 Å². The van der Waals surface area contributed by atoms with Gasteiger partial charge < -0.3 is 15.0 Å². The van der Waals surface area contributed by atoms with E-state index in [1.54, 1.807) is 4.68 Å². The van der Waals surface area contributed by atoms with Gasteiger partial charge in [-0.05, 0) is 58.4 Å². The van der Waals surface area contributed by atoms with Crippen molar-refractivity contribution in [1.82, 2.24) is 20.1 Å². The molecule has 0 saturated carbocycles. The molecule has 1 amide bonds. The molecule has 3 heterocycles. The summed E-state index contributed by atoms with van der Waals surface area (Å²) >= 11 is 0. The zero-order valence-electron chi connectivity index (χ0n) is 16.7. The Hall–Kier alpha value is -2.15. The lowest BCUT2D eigenvalue weighted by Crippen LogP contribution is -2.33. The number of amides is 1. The number of hydrogen-bond donors (Lipinski definition) is 2. The lowest BCUT2D eigenvalue weighted by atomic mass is 10.0. The van der Waals surface area contributed by atoms with Crippen molar-refractivity contribution >= 4 is 16.9 Å². The Balaban J connectivity index is 1.58. The maximum atomic E-state index is 12.5. The average Bonchev–Trinajstić information content (AvgIpc) is 3.21. The molecule has 3 rings (SSSR count). The van der Waals surface area contributed by atoms with Crippen LogP contribution in [0.15, 0.2) is 4.79 Å². The number of fused-ring (bicyclic) bond motifs is 1. The summed E-state index contributed by atoms with van der Waals surface area (Å²) in [4.78, 5) is 27.7. The molecular formula is C20H30N4O3. The van der Waals surface area contributed by atoms with Gasteiger partial charge in [0.1, 0.15) is 5.65 Å². The largest absolute Gasteiger partial charge is 0.378 e. The maximum absolute atomic E-state index is 12.5. The third-order valence-electron chi connectivity index (χ3n) is 5.51. The van der Waals surface area contributed by atoms with E-state index in [1.165, 1.54) is 0 Å². The molecule has 148 valence electrons. The molecule has 0 bridgehead atoms. The van der Waals surface area contributed by atoms with E-state index in [0.717, 1.165) is 54.6 Å². The number of ether oxygens (including phenoxy) is 1. The number of aromatic nitrogens is 3. The van der Waals surface area contributed by atoms with Crippen LogP contribution in [0.1, 0.15) is 55.8 Å². The van der Waals surface area contributed by atoms with Crippen LogP contribution in [0, 0.1) is 13.8 Å². The Morgan fingerprint density at radius 3 is 2.93 bits per heavy atom. The summed E-state index contributed by atoms with van der Waals surface area (Å²) in [5.41, 5.74) is 3.06. The van der Waals surface area contributed by atoms with Crippen LogP contribution >= 0.6 is 0 Å². The monoisotopic (exact) mass is 374 g/mol. The van der Waals surface area contributed by atoms with Gasteiger partial charge in [-0.15, -0.1) is 0 Å². The predicted octanol–water partition coefficient (Wildman–Crippen LogP) is 2.27. The summed E-state index contributed by atoms with van der Waals surface area (Å²) in [7, 11) is 1.82. The Labute approximate surface area is 159 Å². The Morgan fingerprint density at radius 1 is 1.44 bits per heavy atom. The van der Waals surface area contributed by atoms with E-state index in [-0.39, 0.29) is 17.5 Å². The van der Waals surface area contributed by atoms with Crippen molar-refractivity contribution in [3.05, 3.63) is 27.2 Å². The first kappa shape index (κ1) is 19.6. The van der Waals surface area contributed by atoms with Gasteiger partial charge in [-0.3, -0.25) is 14.3 Å². The van der Waals surface area contributed by atoms with Gasteiger partial charge in [0.25, 0.3) is 5.56 Å². The summed E-state index contributed by atoms with van der Waals surface area (Å²) in [5, 5.41) is 8.39. The van der Waals surface area contributed by atoms with Crippen molar-refractivity contribution < 1.29 is 9.53 Å². The predicted molar refractivity (Wildman–Crippen MR) is 105 cm³/mol. The molecule has 2 atom stereocenters. The van der Waals surface area contributed by atoms with Gasteiger partial charge in [0.2, 0.25) is 5.91 Å². The molecule has 0 aromatic carbocycles. The van der Waals surface area contributed by atoms with E-state index >= 15 is 0 Å². The van der Waals surface area contributed by atoms with Crippen LogP contribution in [0.5, 0.6) is 0 Å². The van der Waals surface area contributed by atoms with Crippen LogP contribution in [0.3, 0.4) is 0 Å². The second-order valence-electron chi connectivity index (χ2n) is 7.67. The fourth-order valence-electron chi connectivity index (χ4n) is 4.02. The van der Waals surface area contributed by atoms with Crippen molar-refractivity contribution in [2.24, 2.45) is 7.05 Å². The molecule has 0 spiro atoms. The molecule has 0 unspecified atom stereocenters. The molecule has 27 heavy (non-hydrogen) atoms. The highest BCUT2D eigenvalue weighted by Gasteiger charge is 2.18. The van der Waals surface area contributed by atoms with Gasteiger partial charge >= 0.3 is 0 Å². The summed E-state index contributed by atoms with van der Waals surface area (Å²) in [6, 6.07) is 0.115. The topological polar surface area (TPSA) is 89.0 Å². The second-order valence-corrected chi connectivity index (χ2v) is 7.67. The average molecular weight is 374 g/mol. The van der Waals surface area contributed by atoms with Crippen molar-refractivity contribution in [1.29, 1.82) is 0 Å². The van der Waals surface area contributed by atoms with Crippen LogP contribution < -0.4 is 10.9 Å². The van der Waals surface area contributed by atoms with Gasteiger partial charge in [0.15, 0.2) is 0 Å². The minimum atomic E-state index is -0.137. The number of carbonyl (C=O) groups is 1. The van der Waals surface area contributed by atoms with Gasteiger partial charge in [0.05, 0.1) is 11.8 Å². The molecule has 2 aromatic rings. The maximum Gasteiger partial charge on any atom is 0.253 e. The molecular weight excluding hydrogens is 344 g/mol. The van der Waals surface area contributed by atoms with Crippen molar-refractivity contribution in [2.75, 3.05) is 6.61 Å². The van der Waals surface area contributed by atoms with Gasteiger partial charge in [0, 0.05) is 37.1 Å². The lowest BCUT2D eigenvalue weighted by Gasteiger charge is -2.16. The molecule has 1 fully saturated rings. The number of aryl methyl sites for hydroxylation is 3. The van der Waals surface area contributed by atoms with Gasteiger partial charge in [-0.2, -0.15) is 5.10 Å². The smallest absolute Gasteiger partial charge is 0.253 e. The molecule has 2 aromatic heterocycles. The van der Waals surface area contributed by atoms with Crippen LogP contribution in [0.2, 0.25) is 0 Å². The number of nitrogens with one attached hydrogen (secondary N) is 2. The minimum absolute atomic E-state index is 0.0170. The van der Waals surface area contributed by atoms with Gasteiger partial charge in [-0.1, -0.05) is 0 Å². The summed E-state index contributed by atoms with van der Waals surface area (Å²) in [6.07, 6.45) is 5.24. The highest BCUT2D eigenvalue weighted by molar-refractivity contribution is 5.83. The number of hydrogen-bond acceptors (Lipinski definition) is 4. The third-order valence-corrected chi connectivity index (χ3v) is 5.51. The van der Waals surface area contributed by atoms with Crippen LogP contribution in [0.4, 0.5) is 0 Å². The van der Waals surface area contributed by atoms with E-state index < -0.39 is 0 Å². The Morgan fingerprint density at radius 2 is 2.22 bits per heavy atom. The number of nitrogens with zero attached hydrogens (tertiary/aromatic N) is 2. The molecule has 1 saturated heterocycles. The molecule has 7 nitrogen and oxygen atoms in total. The minimum Gasteiger partial charge on any atom is -0.378 e. The van der Waals surface area contributed by atoms with Crippen molar-refractivity contribution in [3.8, 4) is 0 Å². The standard InChI is InChI=1S/C20H30N4O3/c1-12(7-8-15-6-5-11-27-15)21-17(25)10-9-16-13(2)18-14(3)23-24(4)19(18)22-20(16)26/h12,15H,5-11H2,1-4H3,(H,21,25)(H,22,26)/t12-,15+/m1/s1. The van der Waals surface area contributed by atoms with Gasteiger partial charge in [-0.25, -0.2) is 0 Å². The fraction of sp³-hybridized carbons (Fsp3) is 0.650. The zero-order chi connectivity index (χ0) is 19.6. The number of aromatic amines is 1. The number of carbonyl (C=O) groups excluding carboxylic acids is 1. The van der Waals surface area contributed by atoms with Crippen LogP contribution in [-0.2, 0) is 23.0 Å². The van der Waals surface area contributed by atoms with Crippen LogP contribution in [0.25, 0.3) is 11.0 Å². The fourth-order valence-corrected chi connectivity index (χ4v) is 4.02. The highest BCUT2D eigenvalue weighted by atomic mass is 16.5. The third kappa shape index (κ3) is 4.40. The Kier molecular flexibility index (Phi) is 5.99. The molecule has 2 N–H and O–H groups in total. The van der Waals surface area contributed by atoms with Crippen LogP contribution in [-0.4, -0.2) is 39.4 Å². The zero-order valence-corrected chi connectivity index (χ0v) is 16.7. The SMILES string of the molecule is Cc1nn(C)c2[nH]c(=O)c(CCC(=O)N[C@H](C)CC[C@@H]3CCCO3)c(C)c12. The lowest BCUT2D eigenvalue weighted by molar-refractivity contribution is -0.121.